The summed E-state index contributed by atoms with van der Waals surface area (Å²) in [6.07, 6.45) is 4.19. The first-order valence-electron chi connectivity index (χ1n) is 7.11. The lowest BCUT2D eigenvalue weighted by Crippen LogP contribution is -2.36. The minimum absolute atomic E-state index is 0.0423. The highest BCUT2D eigenvalue weighted by atomic mass is 19.1. The second kappa shape index (κ2) is 4.83. The molecule has 20 heavy (non-hydrogen) atoms. The number of allylic oxidation sites excluding steroid dienone is 2. The van der Waals surface area contributed by atoms with Crippen molar-refractivity contribution in [3.05, 3.63) is 41.2 Å². The molecule has 0 N–H and O–H groups in total. The van der Waals surface area contributed by atoms with Crippen LogP contribution in [-0.2, 0) is 4.79 Å². The van der Waals surface area contributed by atoms with E-state index in [-0.39, 0.29) is 22.6 Å². The van der Waals surface area contributed by atoms with Gasteiger partial charge in [0.25, 0.3) is 0 Å². The molecule has 0 saturated carbocycles. The molecule has 0 fully saturated rings. The van der Waals surface area contributed by atoms with E-state index in [0.717, 1.165) is 23.8 Å². The van der Waals surface area contributed by atoms with Gasteiger partial charge in [0.1, 0.15) is 12.1 Å². The predicted octanol–water partition coefficient (Wildman–Crippen LogP) is 4.79. The Morgan fingerprint density at radius 1 is 1.25 bits per heavy atom. The Morgan fingerprint density at radius 2 is 1.90 bits per heavy atom. The van der Waals surface area contributed by atoms with E-state index in [1.54, 1.807) is 13.0 Å². The lowest BCUT2D eigenvalue weighted by molar-refractivity contribution is -0.112. The van der Waals surface area contributed by atoms with E-state index < -0.39 is 0 Å². The van der Waals surface area contributed by atoms with Gasteiger partial charge in [0.15, 0.2) is 0 Å². The maximum Gasteiger partial charge on any atom is 0.127 e. The van der Waals surface area contributed by atoms with Gasteiger partial charge in [0, 0.05) is 5.92 Å². The molecule has 2 rings (SSSR count). The van der Waals surface area contributed by atoms with Gasteiger partial charge < -0.3 is 4.79 Å². The van der Waals surface area contributed by atoms with Crippen molar-refractivity contribution in [3.8, 4) is 0 Å². The maximum atomic E-state index is 13.5. The Kier molecular flexibility index (Phi) is 3.62. The van der Waals surface area contributed by atoms with E-state index in [2.05, 4.69) is 33.8 Å². The zero-order chi connectivity index (χ0) is 15.1. The molecule has 0 bridgehead atoms. The van der Waals surface area contributed by atoms with Crippen molar-refractivity contribution in [2.75, 3.05) is 0 Å². The molecular weight excluding hydrogens is 251 g/mol. The average Bonchev–Trinajstić information content (AvgIpc) is 2.29. The molecule has 1 atom stereocenters. The standard InChI is InChI=1S/C18H23FO/c1-12-8-13(6-7-16(12)19)14-9-17(2,3)11-18(4,5)15(14)10-20/h6-10,15H,11H2,1-5H3. The van der Waals surface area contributed by atoms with Crippen LogP contribution in [0.1, 0.15) is 45.2 Å². The van der Waals surface area contributed by atoms with Gasteiger partial charge in [-0.3, -0.25) is 0 Å². The molecule has 108 valence electrons. The summed E-state index contributed by atoms with van der Waals surface area (Å²) < 4.78 is 13.5. The van der Waals surface area contributed by atoms with Gasteiger partial charge in [-0.2, -0.15) is 0 Å². The highest BCUT2D eigenvalue weighted by molar-refractivity contribution is 5.83. The number of aryl methyl sites for hydroxylation is 1. The monoisotopic (exact) mass is 274 g/mol. The smallest absolute Gasteiger partial charge is 0.127 e. The van der Waals surface area contributed by atoms with Crippen molar-refractivity contribution in [3.63, 3.8) is 0 Å². The van der Waals surface area contributed by atoms with Crippen molar-refractivity contribution in [2.45, 2.75) is 41.0 Å². The highest BCUT2D eigenvalue weighted by Gasteiger charge is 2.41. The average molecular weight is 274 g/mol. The topological polar surface area (TPSA) is 17.1 Å². The van der Waals surface area contributed by atoms with E-state index in [1.807, 2.05) is 6.07 Å². The fourth-order valence-corrected chi connectivity index (χ4v) is 3.61. The number of benzene rings is 1. The molecule has 0 aromatic heterocycles. The Morgan fingerprint density at radius 3 is 2.45 bits per heavy atom. The number of carbonyl (C=O) groups is 1. The Hall–Kier alpha value is -1.44. The molecule has 1 aromatic carbocycles. The van der Waals surface area contributed by atoms with Gasteiger partial charge in [-0.05, 0) is 53.0 Å². The van der Waals surface area contributed by atoms with Crippen molar-refractivity contribution < 1.29 is 9.18 Å². The van der Waals surface area contributed by atoms with Crippen molar-refractivity contribution in [1.82, 2.24) is 0 Å². The van der Waals surface area contributed by atoms with Crippen LogP contribution < -0.4 is 0 Å². The van der Waals surface area contributed by atoms with Gasteiger partial charge in [-0.1, -0.05) is 39.8 Å². The molecule has 0 amide bonds. The third-order valence-electron chi connectivity index (χ3n) is 4.26. The van der Waals surface area contributed by atoms with Gasteiger partial charge >= 0.3 is 0 Å². The van der Waals surface area contributed by atoms with E-state index >= 15 is 0 Å². The molecule has 2 heteroatoms. The summed E-state index contributed by atoms with van der Waals surface area (Å²) in [6.45, 7) is 10.4. The molecule has 1 aliphatic carbocycles. The minimum Gasteiger partial charge on any atom is -0.303 e. The molecule has 0 spiro atoms. The molecule has 1 aromatic rings. The van der Waals surface area contributed by atoms with E-state index in [0.29, 0.717) is 5.56 Å². The summed E-state index contributed by atoms with van der Waals surface area (Å²) in [4.78, 5) is 11.6. The predicted molar refractivity (Wildman–Crippen MR) is 80.8 cm³/mol. The molecule has 0 heterocycles. The molecule has 1 aliphatic rings. The van der Waals surface area contributed by atoms with Crippen LogP contribution >= 0.6 is 0 Å². The van der Waals surface area contributed by atoms with Crippen molar-refractivity contribution in [1.29, 1.82) is 0 Å². The van der Waals surface area contributed by atoms with E-state index in [9.17, 15) is 9.18 Å². The van der Waals surface area contributed by atoms with Crippen LogP contribution in [0.2, 0.25) is 0 Å². The number of rotatable bonds is 2. The molecule has 1 nitrogen and oxygen atoms in total. The lowest BCUT2D eigenvalue weighted by atomic mass is 9.60. The van der Waals surface area contributed by atoms with Crippen LogP contribution in [0, 0.1) is 29.5 Å². The van der Waals surface area contributed by atoms with Gasteiger partial charge in [0.2, 0.25) is 0 Å². The largest absolute Gasteiger partial charge is 0.303 e. The second-order valence-corrected chi connectivity index (χ2v) is 7.33. The lowest BCUT2D eigenvalue weighted by Gasteiger charge is -2.43. The van der Waals surface area contributed by atoms with Gasteiger partial charge in [0.05, 0.1) is 0 Å². The third kappa shape index (κ3) is 2.70. The van der Waals surface area contributed by atoms with E-state index in [4.69, 9.17) is 0 Å². The van der Waals surface area contributed by atoms with Crippen molar-refractivity contribution in [2.24, 2.45) is 16.7 Å². The molecule has 0 saturated heterocycles. The summed E-state index contributed by atoms with van der Waals surface area (Å²) in [7, 11) is 0. The van der Waals surface area contributed by atoms with E-state index in [1.165, 1.54) is 6.07 Å². The SMILES string of the molecule is Cc1cc(C2=CC(C)(C)CC(C)(C)C2C=O)ccc1F. The maximum absolute atomic E-state index is 13.5. The summed E-state index contributed by atoms with van der Waals surface area (Å²) in [6, 6.07) is 5.11. The normalized spacial score (nSPS) is 24.1. The first-order valence-corrected chi connectivity index (χ1v) is 7.11. The van der Waals surface area contributed by atoms with Crippen LogP contribution in [0.3, 0.4) is 0 Å². The number of hydrogen-bond donors (Lipinski definition) is 0. The van der Waals surface area contributed by atoms with Gasteiger partial charge in [-0.25, -0.2) is 4.39 Å². The number of carbonyl (C=O) groups excluding carboxylic acids is 1. The summed E-state index contributed by atoms with van der Waals surface area (Å²) in [5.41, 5.74) is 2.57. The molecule has 0 radical (unpaired) electrons. The Bertz CT molecular complexity index is 567. The number of halogens is 1. The fraction of sp³-hybridized carbons (Fsp3) is 0.500. The van der Waals surface area contributed by atoms with Crippen molar-refractivity contribution >= 4 is 11.9 Å². The van der Waals surface area contributed by atoms with Crippen LogP contribution in [0.4, 0.5) is 4.39 Å². The first-order chi connectivity index (χ1) is 9.16. The minimum atomic E-state index is -0.202. The fourth-order valence-electron chi connectivity index (χ4n) is 3.61. The highest BCUT2D eigenvalue weighted by Crippen LogP contribution is 2.50. The zero-order valence-corrected chi connectivity index (χ0v) is 13.0. The van der Waals surface area contributed by atoms with Crippen LogP contribution in [0.5, 0.6) is 0 Å². The van der Waals surface area contributed by atoms with Gasteiger partial charge in [-0.15, -0.1) is 0 Å². The zero-order valence-electron chi connectivity index (χ0n) is 13.0. The second-order valence-electron chi connectivity index (χ2n) is 7.33. The molecule has 1 unspecified atom stereocenters. The Labute approximate surface area is 120 Å². The quantitative estimate of drug-likeness (QED) is 0.709. The third-order valence-corrected chi connectivity index (χ3v) is 4.26. The van der Waals surface area contributed by atoms with Crippen LogP contribution in [0.15, 0.2) is 24.3 Å². The Balaban J connectivity index is 2.58. The van der Waals surface area contributed by atoms with Crippen LogP contribution in [-0.4, -0.2) is 6.29 Å². The number of hydrogen-bond acceptors (Lipinski definition) is 1. The molecular formula is C18H23FO. The molecule has 0 aliphatic heterocycles. The summed E-state index contributed by atoms with van der Waals surface area (Å²) in [5, 5.41) is 0. The number of aldehydes is 1. The summed E-state index contributed by atoms with van der Waals surface area (Å²) in [5.74, 6) is -0.341. The van der Waals surface area contributed by atoms with Crippen LogP contribution in [0.25, 0.3) is 5.57 Å². The first kappa shape index (κ1) is 15.0. The summed E-state index contributed by atoms with van der Waals surface area (Å²) >= 11 is 0.